The monoisotopic (exact) mass is 549 g/mol. The molecule has 1 amide bonds. The number of nitrogens with one attached hydrogen (secondary N) is 1. The summed E-state index contributed by atoms with van der Waals surface area (Å²) in [6, 6.07) is 16.9. The van der Waals surface area contributed by atoms with Gasteiger partial charge >= 0.3 is 0 Å². The molecule has 0 aliphatic carbocycles. The maximum absolute atomic E-state index is 14.8. The minimum atomic E-state index is -0.702. The van der Waals surface area contributed by atoms with E-state index < -0.39 is 17.7 Å². The fourth-order valence-corrected chi connectivity index (χ4v) is 5.45. The quantitative estimate of drug-likeness (QED) is 0.325. The number of thioether (sulfide) groups is 1. The van der Waals surface area contributed by atoms with Crippen molar-refractivity contribution in [2.75, 3.05) is 12.9 Å². The van der Waals surface area contributed by atoms with Crippen molar-refractivity contribution in [3.63, 3.8) is 0 Å². The molecular weight excluding hydrogens is 524 g/mol. The van der Waals surface area contributed by atoms with Gasteiger partial charge in [-0.25, -0.2) is 19.2 Å². The third-order valence-corrected chi connectivity index (χ3v) is 7.37. The summed E-state index contributed by atoms with van der Waals surface area (Å²) < 4.78 is 34.7. The molecule has 0 saturated carbocycles. The first-order valence-electron chi connectivity index (χ1n) is 12.2. The van der Waals surface area contributed by atoms with E-state index in [-0.39, 0.29) is 29.7 Å². The fourth-order valence-electron chi connectivity index (χ4n) is 4.39. The number of phenols is 1. The lowest BCUT2D eigenvalue weighted by atomic mass is 9.98. The van der Waals surface area contributed by atoms with E-state index in [0.717, 1.165) is 5.56 Å². The van der Waals surface area contributed by atoms with E-state index >= 15 is 0 Å². The van der Waals surface area contributed by atoms with E-state index in [1.165, 1.54) is 49.4 Å². The van der Waals surface area contributed by atoms with E-state index in [9.17, 15) is 18.7 Å². The fraction of sp³-hybridized carbons (Fsp3) is 0.214. The highest BCUT2D eigenvalue weighted by molar-refractivity contribution is 8.14. The molecule has 0 aromatic heterocycles. The van der Waals surface area contributed by atoms with Gasteiger partial charge in [-0.3, -0.25) is 9.79 Å². The summed E-state index contributed by atoms with van der Waals surface area (Å²) in [5.74, 6) is -0.802. The van der Waals surface area contributed by atoms with Gasteiger partial charge in [0.15, 0.2) is 16.7 Å². The number of nitrogens with zero attached hydrogens (tertiary/aromatic N) is 4. The molecule has 2 heterocycles. The van der Waals surface area contributed by atoms with Crippen molar-refractivity contribution in [1.82, 2.24) is 10.4 Å². The Labute approximate surface area is 228 Å². The van der Waals surface area contributed by atoms with Crippen molar-refractivity contribution in [1.29, 1.82) is 0 Å². The number of phenolic OH excluding ortho intramolecular Hbond substituents is 1. The summed E-state index contributed by atoms with van der Waals surface area (Å²) in [5.41, 5.74) is 4.62. The van der Waals surface area contributed by atoms with Crippen LogP contribution >= 0.6 is 11.8 Å². The van der Waals surface area contributed by atoms with Crippen molar-refractivity contribution in [3.05, 3.63) is 95.1 Å². The van der Waals surface area contributed by atoms with Crippen molar-refractivity contribution < 1.29 is 23.4 Å². The molecular formula is C28H25F2N5O3S. The van der Waals surface area contributed by atoms with Crippen molar-refractivity contribution in [3.8, 4) is 11.5 Å². The van der Waals surface area contributed by atoms with E-state index in [2.05, 4.69) is 15.5 Å². The van der Waals surface area contributed by atoms with Gasteiger partial charge in [0.2, 0.25) is 5.91 Å². The Bertz CT molecular complexity index is 1440. The van der Waals surface area contributed by atoms with Crippen LogP contribution in [-0.2, 0) is 4.79 Å². The van der Waals surface area contributed by atoms with Gasteiger partial charge in [-0.15, -0.1) is 0 Å². The van der Waals surface area contributed by atoms with Gasteiger partial charge < -0.3 is 9.84 Å². The molecule has 0 fully saturated rings. The average Bonchev–Trinajstić information content (AvgIpc) is 3.57. The first-order valence-corrected chi connectivity index (χ1v) is 13.2. The van der Waals surface area contributed by atoms with Crippen LogP contribution in [0, 0.1) is 11.6 Å². The van der Waals surface area contributed by atoms with Crippen LogP contribution in [0.1, 0.15) is 35.6 Å². The second kappa shape index (κ2) is 11.6. The Hall–Kier alpha value is -4.25. The minimum Gasteiger partial charge on any atom is -0.504 e. The topological polar surface area (TPSA) is 98.9 Å². The Kier molecular flexibility index (Phi) is 7.87. The molecule has 0 bridgehead atoms. The third-order valence-electron chi connectivity index (χ3n) is 6.27. The second-order valence-electron chi connectivity index (χ2n) is 8.92. The summed E-state index contributed by atoms with van der Waals surface area (Å²) in [6.45, 7) is 0. The van der Waals surface area contributed by atoms with Crippen LogP contribution in [-0.4, -0.2) is 52.0 Å². The number of amides is 1. The number of rotatable bonds is 7. The Morgan fingerprint density at radius 3 is 2.69 bits per heavy atom. The smallest absolute Gasteiger partial charge is 0.242 e. The number of methoxy groups -OCH3 is 1. The highest BCUT2D eigenvalue weighted by atomic mass is 32.2. The van der Waals surface area contributed by atoms with Crippen LogP contribution in [0.15, 0.2) is 81.9 Å². The highest BCUT2D eigenvalue weighted by Gasteiger charge is 2.37. The number of carbonyl (C=O) groups excluding carboxylic acids is 1. The molecule has 2 unspecified atom stereocenters. The second-order valence-corrected chi connectivity index (χ2v) is 9.90. The summed E-state index contributed by atoms with van der Waals surface area (Å²) in [6.07, 6.45) is 1.83. The Morgan fingerprint density at radius 1 is 1.18 bits per heavy atom. The molecule has 8 nitrogen and oxygen atoms in total. The molecule has 0 saturated heterocycles. The molecule has 3 aromatic rings. The van der Waals surface area contributed by atoms with E-state index in [0.29, 0.717) is 34.4 Å². The molecule has 2 N–H and O–H groups in total. The van der Waals surface area contributed by atoms with Gasteiger partial charge in [0, 0.05) is 17.7 Å². The third kappa shape index (κ3) is 5.93. The number of amidine groups is 1. The molecule has 2 atom stereocenters. The summed E-state index contributed by atoms with van der Waals surface area (Å²) in [4.78, 5) is 17.2. The number of aromatic hydroxyl groups is 1. The standard InChI is InChI=1S/C28H25F2N5O3S/c1-38-25-12-17(10-11-24(25)36)15-31-33-26(37)13-19-16-39-28(32-19)35-23(27-20(29)8-5-9-21(27)30)14-22(34-35)18-6-3-2-4-7-18/h2-12,15,19,23,36H,13-14,16H2,1H3,(H,33,37)/b31-15+. The predicted molar refractivity (Wildman–Crippen MR) is 147 cm³/mol. The predicted octanol–water partition coefficient (Wildman–Crippen LogP) is 4.84. The lowest BCUT2D eigenvalue weighted by Crippen LogP contribution is -2.26. The number of hydrogen-bond donors (Lipinski definition) is 2. The number of halogens is 2. The zero-order valence-electron chi connectivity index (χ0n) is 20.9. The van der Waals surface area contributed by atoms with Crippen molar-refractivity contribution in [2.24, 2.45) is 15.2 Å². The van der Waals surface area contributed by atoms with Crippen LogP contribution in [0.4, 0.5) is 8.78 Å². The number of benzene rings is 3. The largest absolute Gasteiger partial charge is 0.504 e. The van der Waals surface area contributed by atoms with E-state index in [1.54, 1.807) is 17.1 Å². The first-order chi connectivity index (χ1) is 18.9. The Balaban J connectivity index is 1.30. The van der Waals surface area contributed by atoms with Gasteiger partial charge in [-0.05, 0) is 41.5 Å². The zero-order chi connectivity index (χ0) is 27.4. The average molecular weight is 550 g/mol. The van der Waals surface area contributed by atoms with Gasteiger partial charge in [0.05, 0.1) is 37.5 Å². The molecule has 2 aliphatic rings. The van der Waals surface area contributed by atoms with Gasteiger partial charge in [-0.2, -0.15) is 10.2 Å². The van der Waals surface area contributed by atoms with Crippen LogP contribution in [0.5, 0.6) is 11.5 Å². The molecule has 3 aromatic carbocycles. The highest BCUT2D eigenvalue weighted by Crippen LogP contribution is 2.39. The van der Waals surface area contributed by atoms with Gasteiger partial charge in [0.25, 0.3) is 0 Å². The molecule has 39 heavy (non-hydrogen) atoms. The molecule has 0 spiro atoms. The van der Waals surface area contributed by atoms with Gasteiger partial charge in [-0.1, -0.05) is 48.2 Å². The first kappa shape index (κ1) is 26.4. The maximum Gasteiger partial charge on any atom is 0.242 e. The molecule has 200 valence electrons. The molecule has 5 rings (SSSR count). The summed E-state index contributed by atoms with van der Waals surface area (Å²) in [7, 11) is 1.44. The lowest BCUT2D eigenvalue weighted by molar-refractivity contribution is -0.121. The van der Waals surface area contributed by atoms with Crippen LogP contribution in [0.2, 0.25) is 0 Å². The normalized spacial score (nSPS) is 18.8. The maximum atomic E-state index is 14.8. The summed E-state index contributed by atoms with van der Waals surface area (Å²) in [5, 5.41) is 20.4. The summed E-state index contributed by atoms with van der Waals surface area (Å²) >= 11 is 1.39. The molecule has 11 heteroatoms. The number of carbonyl (C=O) groups is 1. The number of hydrogen-bond acceptors (Lipinski definition) is 8. The Morgan fingerprint density at radius 2 is 1.95 bits per heavy atom. The zero-order valence-corrected chi connectivity index (χ0v) is 21.7. The number of ether oxygens (including phenoxy) is 1. The van der Waals surface area contributed by atoms with Crippen LogP contribution in [0.3, 0.4) is 0 Å². The SMILES string of the molecule is COc1cc(/C=N/NC(=O)CC2CSC(N3N=C(c4ccccc4)CC3c3c(F)cccc3F)=N2)ccc1O. The van der Waals surface area contributed by atoms with E-state index in [4.69, 9.17) is 9.84 Å². The van der Waals surface area contributed by atoms with Crippen molar-refractivity contribution >= 4 is 34.8 Å². The van der Waals surface area contributed by atoms with Gasteiger partial charge in [0.1, 0.15) is 11.6 Å². The molecule has 2 aliphatic heterocycles. The van der Waals surface area contributed by atoms with Crippen molar-refractivity contribution in [2.45, 2.75) is 24.9 Å². The van der Waals surface area contributed by atoms with Crippen LogP contribution in [0.25, 0.3) is 0 Å². The van der Waals surface area contributed by atoms with E-state index in [1.807, 2.05) is 30.3 Å². The van der Waals surface area contributed by atoms with Crippen LogP contribution < -0.4 is 10.2 Å². The lowest BCUT2D eigenvalue weighted by Gasteiger charge is -2.23. The number of hydrazone groups is 2. The minimum absolute atomic E-state index is 0.00397. The molecule has 0 radical (unpaired) electrons. The number of aliphatic imine (C=N–C) groups is 1.